The van der Waals surface area contributed by atoms with Crippen molar-refractivity contribution in [1.29, 1.82) is 0 Å². The average Bonchev–Trinajstić information content (AvgIpc) is 2.41. The van der Waals surface area contributed by atoms with Crippen molar-refractivity contribution in [2.45, 2.75) is 19.8 Å². The van der Waals surface area contributed by atoms with E-state index in [2.05, 4.69) is 13.8 Å². The second kappa shape index (κ2) is 6.13. The molecule has 0 spiro atoms. The first-order valence-electron chi connectivity index (χ1n) is 6.43. The van der Waals surface area contributed by atoms with Gasteiger partial charge >= 0.3 is 5.97 Å². The number of aliphatic carboxylic acids is 1. The summed E-state index contributed by atoms with van der Waals surface area (Å²) in [5, 5.41) is 10.8. The number of carbonyl (C=O) groups is 2. The third-order valence-corrected chi connectivity index (χ3v) is 3.96. The molecule has 0 atom stereocenters. The molecular weight excluding hydrogens is 274 g/mol. The standard InChI is InChI=1S/C15H17NO3S/c1-10(2)11-3-5-12(6-4-11)13-8-20-9-14(17)16(13)7-15(18)19/h3-6,8,10H,7,9H2,1-2H3,(H,18,19). The van der Waals surface area contributed by atoms with Crippen molar-refractivity contribution < 1.29 is 14.7 Å². The van der Waals surface area contributed by atoms with E-state index in [1.54, 1.807) is 0 Å². The molecule has 0 saturated carbocycles. The van der Waals surface area contributed by atoms with Gasteiger partial charge in [0.15, 0.2) is 0 Å². The summed E-state index contributed by atoms with van der Waals surface area (Å²) in [6.45, 7) is 3.94. The highest BCUT2D eigenvalue weighted by atomic mass is 32.2. The van der Waals surface area contributed by atoms with Gasteiger partial charge in [0.1, 0.15) is 6.54 Å². The molecule has 4 nitrogen and oxygen atoms in total. The van der Waals surface area contributed by atoms with Gasteiger partial charge in [-0.2, -0.15) is 0 Å². The van der Waals surface area contributed by atoms with Crippen molar-refractivity contribution in [2.75, 3.05) is 12.3 Å². The van der Waals surface area contributed by atoms with Gasteiger partial charge in [0.05, 0.1) is 11.4 Å². The Balaban J connectivity index is 2.30. The molecule has 1 aliphatic rings. The predicted octanol–water partition coefficient (Wildman–Crippen LogP) is 2.77. The molecule has 0 bridgehead atoms. The molecule has 0 saturated heterocycles. The van der Waals surface area contributed by atoms with E-state index in [-0.39, 0.29) is 12.5 Å². The summed E-state index contributed by atoms with van der Waals surface area (Å²) in [4.78, 5) is 24.1. The highest BCUT2D eigenvalue weighted by molar-refractivity contribution is 8.03. The van der Waals surface area contributed by atoms with E-state index in [1.807, 2.05) is 29.7 Å². The molecule has 1 aliphatic heterocycles. The van der Waals surface area contributed by atoms with Crippen LogP contribution in [0.2, 0.25) is 0 Å². The third kappa shape index (κ3) is 3.22. The van der Waals surface area contributed by atoms with Crippen LogP contribution in [0.5, 0.6) is 0 Å². The number of amides is 1. The Labute approximate surface area is 122 Å². The van der Waals surface area contributed by atoms with E-state index < -0.39 is 5.97 Å². The maximum absolute atomic E-state index is 11.9. The fourth-order valence-corrected chi connectivity index (χ4v) is 2.84. The molecule has 0 fully saturated rings. The van der Waals surface area contributed by atoms with E-state index in [1.165, 1.54) is 22.2 Å². The molecule has 1 aromatic carbocycles. The first-order chi connectivity index (χ1) is 9.49. The third-order valence-electron chi connectivity index (χ3n) is 3.16. The van der Waals surface area contributed by atoms with Crippen LogP contribution >= 0.6 is 11.8 Å². The number of carbonyl (C=O) groups excluding carboxylic acids is 1. The lowest BCUT2D eigenvalue weighted by atomic mass is 10.0. The Bertz CT molecular complexity index is 549. The van der Waals surface area contributed by atoms with Crippen LogP contribution in [0.25, 0.3) is 5.70 Å². The van der Waals surface area contributed by atoms with Crippen molar-refractivity contribution in [1.82, 2.24) is 4.90 Å². The van der Waals surface area contributed by atoms with Crippen LogP contribution in [-0.4, -0.2) is 34.2 Å². The topological polar surface area (TPSA) is 57.6 Å². The summed E-state index contributed by atoms with van der Waals surface area (Å²) in [5.74, 6) is -0.436. The number of benzene rings is 1. The molecule has 0 radical (unpaired) electrons. The average molecular weight is 291 g/mol. The minimum atomic E-state index is -1.00. The van der Waals surface area contributed by atoms with E-state index in [4.69, 9.17) is 5.11 Å². The molecule has 1 aromatic rings. The number of carboxylic acid groups (broad SMARTS) is 1. The smallest absolute Gasteiger partial charge is 0.323 e. The number of nitrogens with zero attached hydrogens (tertiary/aromatic N) is 1. The monoisotopic (exact) mass is 291 g/mol. The largest absolute Gasteiger partial charge is 0.480 e. The van der Waals surface area contributed by atoms with Crippen molar-refractivity contribution >= 4 is 29.3 Å². The summed E-state index contributed by atoms with van der Waals surface area (Å²) in [5.41, 5.74) is 2.76. The molecule has 20 heavy (non-hydrogen) atoms. The Kier molecular flexibility index (Phi) is 4.49. The molecule has 2 rings (SSSR count). The van der Waals surface area contributed by atoms with Gasteiger partial charge in [-0.15, -0.1) is 11.8 Å². The van der Waals surface area contributed by atoms with E-state index in [0.29, 0.717) is 17.4 Å². The van der Waals surface area contributed by atoms with Gasteiger partial charge in [0.25, 0.3) is 0 Å². The summed E-state index contributed by atoms with van der Waals surface area (Å²) < 4.78 is 0. The lowest BCUT2D eigenvalue weighted by Gasteiger charge is -2.27. The fraction of sp³-hybridized carbons (Fsp3) is 0.333. The van der Waals surface area contributed by atoms with Crippen LogP contribution in [0.15, 0.2) is 29.7 Å². The highest BCUT2D eigenvalue weighted by Crippen LogP contribution is 2.29. The van der Waals surface area contributed by atoms with Gasteiger partial charge in [-0.1, -0.05) is 38.1 Å². The highest BCUT2D eigenvalue weighted by Gasteiger charge is 2.25. The maximum Gasteiger partial charge on any atom is 0.323 e. The van der Waals surface area contributed by atoms with Crippen LogP contribution in [0.3, 0.4) is 0 Å². The van der Waals surface area contributed by atoms with Gasteiger partial charge in [-0.25, -0.2) is 0 Å². The predicted molar refractivity (Wildman–Crippen MR) is 80.3 cm³/mol. The maximum atomic E-state index is 11.9. The van der Waals surface area contributed by atoms with E-state index >= 15 is 0 Å². The molecule has 0 aromatic heterocycles. The molecule has 1 N–H and O–H groups in total. The number of hydrogen-bond donors (Lipinski definition) is 1. The zero-order chi connectivity index (χ0) is 14.7. The zero-order valence-electron chi connectivity index (χ0n) is 11.5. The number of rotatable bonds is 4. The summed E-state index contributed by atoms with van der Waals surface area (Å²) in [7, 11) is 0. The van der Waals surface area contributed by atoms with Crippen LogP contribution in [-0.2, 0) is 9.59 Å². The quantitative estimate of drug-likeness (QED) is 0.926. The normalized spacial score (nSPS) is 15.4. The molecular formula is C15H17NO3S. The van der Waals surface area contributed by atoms with Crippen LogP contribution < -0.4 is 0 Å². The Hall–Kier alpha value is -1.75. The number of carboxylic acids is 1. The molecule has 1 heterocycles. The lowest BCUT2D eigenvalue weighted by molar-refractivity contribution is -0.141. The van der Waals surface area contributed by atoms with Crippen molar-refractivity contribution in [3.8, 4) is 0 Å². The van der Waals surface area contributed by atoms with Gasteiger partial charge in [-0.3, -0.25) is 14.5 Å². The molecule has 0 unspecified atom stereocenters. The van der Waals surface area contributed by atoms with E-state index in [0.717, 1.165) is 5.56 Å². The minimum Gasteiger partial charge on any atom is -0.480 e. The van der Waals surface area contributed by atoms with Gasteiger partial charge in [0.2, 0.25) is 5.91 Å². The zero-order valence-corrected chi connectivity index (χ0v) is 12.3. The Morgan fingerprint density at radius 3 is 2.55 bits per heavy atom. The van der Waals surface area contributed by atoms with Crippen LogP contribution in [0.4, 0.5) is 0 Å². The Morgan fingerprint density at radius 1 is 1.35 bits per heavy atom. The molecule has 1 amide bonds. The SMILES string of the molecule is CC(C)c1ccc(C2=CSCC(=O)N2CC(=O)O)cc1. The summed E-state index contributed by atoms with van der Waals surface area (Å²) >= 11 is 1.40. The summed E-state index contributed by atoms with van der Waals surface area (Å²) in [6, 6.07) is 7.91. The second-order valence-corrected chi connectivity index (χ2v) is 5.82. The van der Waals surface area contributed by atoms with Crippen molar-refractivity contribution in [2.24, 2.45) is 0 Å². The summed E-state index contributed by atoms with van der Waals surface area (Å²) in [6.07, 6.45) is 0. The minimum absolute atomic E-state index is 0.164. The van der Waals surface area contributed by atoms with Crippen LogP contribution in [0.1, 0.15) is 30.9 Å². The number of thioether (sulfide) groups is 1. The van der Waals surface area contributed by atoms with Gasteiger partial charge in [-0.05, 0) is 22.5 Å². The number of hydrogen-bond acceptors (Lipinski definition) is 3. The molecule has 106 valence electrons. The van der Waals surface area contributed by atoms with Crippen molar-refractivity contribution in [3.63, 3.8) is 0 Å². The van der Waals surface area contributed by atoms with Gasteiger partial charge < -0.3 is 5.11 Å². The molecule has 5 heteroatoms. The second-order valence-electron chi connectivity index (χ2n) is 4.96. The molecule has 0 aliphatic carbocycles. The Morgan fingerprint density at radius 2 is 2.00 bits per heavy atom. The van der Waals surface area contributed by atoms with Crippen molar-refractivity contribution in [3.05, 3.63) is 40.8 Å². The van der Waals surface area contributed by atoms with Gasteiger partial charge in [0, 0.05) is 0 Å². The first-order valence-corrected chi connectivity index (χ1v) is 7.48. The fourth-order valence-electron chi connectivity index (χ4n) is 2.04. The first kappa shape index (κ1) is 14.7. The van der Waals surface area contributed by atoms with E-state index in [9.17, 15) is 9.59 Å². The lowest BCUT2D eigenvalue weighted by Crippen LogP contribution is -2.37. The van der Waals surface area contributed by atoms with Crippen LogP contribution in [0, 0.1) is 0 Å².